The number of alkyl halides is 3. The van der Waals surface area contributed by atoms with Crippen LogP contribution < -0.4 is 5.73 Å². The minimum Gasteiger partial charge on any atom is -0.380 e. The van der Waals surface area contributed by atoms with E-state index in [-0.39, 0.29) is 5.82 Å². The van der Waals surface area contributed by atoms with Crippen molar-refractivity contribution in [3.05, 3.63) is 36.2 Å². The number of aromatic nitrogens is 4. The molecule has 0 unspecified atom stereocenters. The molecule has 0 bridgehead atoms. The Labute approximate surface area is 120 Å². The second-order valence-corrected chi connectivity index (χ2v) is 5.27. The second-order valence-electron chi connectivity index (χ2n) is 4.18. The topological polar surface area (TPSA) is 80.5 Å². The van der Waals surface area contributed by atoms with Gasteiger partial charge in [0.15, 0.2) is 5.82 Å². The smallest absolute Gasteiger partial charge is 0.380 e. The molecule has 5 nitrogen and oxygen atoms in total. The van der Waals surface area contributed by atoms with Crippen molar-refractivity contribution in [3.8, 4) is 21.0 Å². The predicted molar refractivity (Wildman–Crippen MR) is 72.3 cm³/mol. The van der Waals surface area contributed by atoms with E-state index in [1.54, 1.807) is 12.1 Å². The molecule has 0 amide bonds. The lowest BCUT2D eigenvalue weighted by Gasteiger charge is -2.06. The molecule has 3 N–H and O–H groups in total. The number of nitrogens with one attached hydrogen (secondary N) is 1. The van der Waals surface area contributed by atoms with Crippen molar-refractivity contribution < 1.29 is 13.2 Å². The monoisotopic (exact) mass is 311 g/mol. The Morgan fingerprint density at radius 1 is 1.10 bits per heavy atom. The Morgan fingerprint density at radius 2 is 1.86 bits per heavy atom. The van der Waals surface area contributed by atoms with Crippen LogP contribution in [0, 0.1) is 0 Å². The highest BCUT2D eigenvalue weighted by Gasteiger charge is 2.31. The summed E-state index contributed by atoms with van der Waals surface area (Å²) in [6, 6.07) is 4.49. The zero-order valence-electron chi connectivity index (χ0n) is 10.3. The van der Waals surface area contributed by atoms with Crippen LogP contribution in [0.2, 0.25) is 0 Å². The van der Waals surface area contributed by atoms with E-state index in [1.807, 2.05) is 0 Å². The maximum absolute atomic E-state index is 12.7. The lowest BCUT2D eigenvalue weighted by Crippen LogP contribution is -2.05. The Hall–Kier alpha value is -2.42. The van der Waals surface area contributed by atoms with Gasteiger partial charge >= 0.3 is 6.18 Å². The van der Waals surface area contributed by atoms with Gasteiger partial charge in [0.1, 0.15) is 5.69 Å². The number of nitrogens with zero attached hydrogens (tertiary/aromatic N) is 3. The van der Waals surface area contributed by atoms with Crippen LogP contribution in [0.5, 0.6) is 0 Å². The molecule has 21 heavy (non-hydrogen) atoms. The van der Waals surface area contributed by atoms with Gasteiger partial charge in [-0.25, -0.2) is 0 Å². The zero-order chi connectivity index (χ0) is 15.0. The molecule has 0 saturated carbocycles. The summed E-state index contributed by atoms with van der Waals surface area (Å²) in [5.41, 5.74) is 5.73. The van der Waals surface area contributed by atoms with E-state index in [1.165, 1.54) is 17.5 Å². The van der Waals surface area contributed by atoms with E-state index < -0.39 is 11.7 Å². The highest BCUT2D eigenvalue weighted by molar-refractivity contribution is 7.18. The first-order chi connectivity index (χ1) is 9.95. The van der Waals surface area contributed by atoms with Crippen molar-refractivity contribution in [2.45, 2.75) is 6.18 Å². The van der Waals surface area contributed by atoms with Crippen LogP contribution in [0.4, 0.5) is 19.0 Å². The molecule has 0 aromatic carbocycles. The zero-order valence-corrected chi connectivity index (χ0v) is 11.2. The van der Waals surface area contributed by atoms with Crippen LogP contribution in [0.3, 0.4) is 0 Å². The molecule has 3 rings (SSSR count). The van der Waals surface area contributed by atoms with Gasteiger partial charge in [-0.2, -0.15) is 23.5 Å². The van der Waals surface area contributed by atoms with Crippen LogP contribution in [0.25, 0.3) is 21.0 Å². The minimum absolute atomic E-state index is 0.241. The average Bonchev–Trinajstić information content (AvgIpc) is 3.06. The summed E-state index contributed by atoms with van der Waals surface area (Å²) in [4.78, 5) is 5.01. The summed E-state index contributed by atoms with van der Waals surface area (Å²) in [6.07, 6.45) is -2.23. The molecule has 3 aromatic rings. The maximum Gasteiger partial charge on any atom is 0.417 e. The molecule has 0 atom stereocenters. The van der Waals surface area contributed by atoms with Gasteiger partial charge in [0.25, 0.3) is 0 Å². The van der Waals surface area contributed by atoms with Crippen LogP contribution in [0.1, 0.15) is 5.56 Å². The number of thiophene rings is 1. The van der Waals surface area contributed by atoms with Gasteiger partial charge in [-0.05, 0) is 18.2 Å². The van der Waals surface area contributed by atoms with Crippen molar-refractivity contribution in [3.63, 3.8) is 0 Å². The summed E-state index contributed by atoms with van der Waals surface area (Å²) in [6.45, 7) is 0. The number of aromatic amines is 1. The Kier molecular flexibility index (Phi) is 3.13. The standard InChI is InChI=1S/C12H8F3N5S/c13-12(14,15)7-3-6(4-17-5-7)8-1-2-9(21-8)10-11(16)19-20-18-10/h1-5H,(H3,16,18,19,20). The number of nitrogens with two attached hydrogens (primary N) is 1. The molecule has 3 aromatic heterocycles. The molecule has 0 radical (unpaired) electrons. The molecular weight excluding hydrogens is 303 g/mol. The molecule has 0 aliphatic rings. The lowest BCUT2D eigenvalue weighted by molar-refractivity contribution is -0.137. The van der Waals surface area contributed by atoms with Crippen LogP contribution in [-0.4, -0.2) is 20.4 Å². The molecule has 3 heterocycles. The normalized spacial score (nSPS) is 11.8. The lowest BCUT2D eigenvalue weighted by atomic mass is 10.2. The van der Waals surface area contributed by atoms with E-state index in [0.29, 0.717) is 21.0 Å². The van der Waals surface area contributed by atoms with Crippen molar-refractivity contribution in [1.29, 1.82) is 0 Å². The van der Waals surface area contributed by atoms with Crippen LogP contribution in [-0.2, 0) is 6.18 Å². The second kappa shape index (κ2) is 4.85. The number of nitrogen functional groups attached to an aromatic ring is 1. The molecule has 0 aliphatic carbocycles. The SMILES string of the molecule is Nc1n[nH]nc1-c1ccc(-c2cncc(C(F)(F)F)c2)s1. The first-order valence-corrected chi connectivity index (χ1v) is 6.56. The summed E-state index contributed by atoms with van der Waals surface area (Å²) in [5.74, 6) is 0.241. The first-order valence-electron chi connectivity index (χ1n) is 5.74. The quantitative estimate of drug-likeness (QED) is 0.761. The third-order valence-corrected chi connectivity index (χ3v) is 3.91. The van der Waals surface area contributed by atoms with Gasteiger partial charge in [-0.3, -0.25) is 4.98 Å². The molecule has 9 heteroatoms. The maximum atomic E-state index is 12.7. The molecule has 0 aliphatic heterocycles. The Balaban J connectivity index is 1.99. The molecule has 0 fully saturated rings. The van der Waals surface area contributed by atoms with E-state index in [4.69, 9.17) is 5.73 Å². The summed E-state index contributed by atoms with van der Waals surface area (Å²) in [5, 5.41) is 10.0. The van der Waals surface area contributed by atoms with E-state index in [9.17, 15) is 13.2 Å². The molecular formula is C12H8F3N5S. The molecule has 0 spiro atoms. The van der Waals surface area contributed by atoms with Crippen molar-refractivity contribution in [1.82, 2.24) is 20.4 Å². The van der Waals surface area contributed by atoms with Gasteiger partial charge in [0.2, 0.25) is 0 Å². The third kappa shape index (κ3) is 2.59. The highest BCUT2D eigenvalue weighted by atomic mass is 32.1. The number of rotatable bonds is 2. The van der Waals surface area contributed by atoms with Gasteiger partial charge in [0.05, 0.1) is 10.4 Å². The van der Waals surface area contributed by atoms with Crippen LogP contribution in [0.15, 0.2) is 30.6 Å². The number of H-pyrrole nitrogens is 1. The van der Waals surface area contributed by atoms with Crippen molar-refractivity contribution >= 4 is 17.2 Å². The van der Waals surface area contributed by atoms with Crippen molar-refractivity contribution in [2.24, 2.45) is 0 Å². The van der Waals surface area contributed by atoms with Gasteiger partial charge in [-0.15, -0.1) is 16.4 Å². The van der Waals surface area contributed by atoms with Gasteiger partial charge < -0.3 is 5.73 Å². The average molecular weight is 311 g/mol. The predicted octanol–water partition coefficient (Wildman–Crippen LogP) is 3.20. The summed E-state index contributed by atoms with van der Waals surface area (Å²) >= 11 is 1.27. The number of hydrogen-bond acceptors (Lipinski definition) is 5. The highest BCUT2D eigenvalue weighted by Crippen LogP contribution is 2.37. The van der Waals surface area contributed by atoms with Crippen molar-refractivity contribution in [2.75, 3.05) is 5.73 Å². The summed E-state index contributed by atoms with van der Waals surface area (Å²) < 4.78 is 38.1. The third-order valence-electron chi connectivity index (χ3n) is 2.76. The van der Waals surface area contributed by atoms with Crippen LogP contribution >= 0.6 is 11.3 Å². The molecule has 108 valence electrons. The fourth-order valence-electron chi connectivity index (χ4n) is 1.77. The van der Waals surface area contributed by atoms with Gasteiger partial charge in [0, 0.05) is 22.8 Å². The Morgan fingerprint density at radius 3 is 2.52 bits per heavy atom. The van der Waals surface area contributed by atoms with E-state index in [0.717, 1.165) is 12.3 Å². The Bertz CT molecular complexity index is 777. The first kappa shape index (κ1) is 13.6. The molecule has 0 saturated heterocycles. The van der Waals surface area contributed by atoms with E-state index in [2.05, 4.69) is 20.4 Å². The number of hydrogen-bond donors (Lipinski definition) is 2. The number of anilines is 1. The fourth-order valence-corrected chi connectivity index (χ4v) is 2.76. The fraction of sp³-hybridized carbons (Fsp3) is 0.0833. The van der Waals surface area contributed by atoms with Gasteiger partial charge in [-0.1, -0.05) is 0 Å². The largest absolute Gasteiger partial charge is 0.417 e. The summed E-state index contributed by atoms with van der Waals surface area (Å²) in [7, 11) is 0. The van der Waals surface area contributed by atoms with E-state index >= 15 is 0 Å². The number of pyridine rings is 1. The minimum atomic E-state index is -4.42. The number of halogens is 3.